The van der Waals surface area contributed by atoms with E-state index in [9.17, 15) is 0 Å². The molecule has 0 aromatic carbocycles. The molecule has 52 valence electrons. The SMILES string of the molecule is OCCNCCO.[CH3][K]. The molecule has 4 heteroatoms. The number of rotatable bonds is 4. The molecule has 0 aliphatic carbocycles. The van der Waals surface area contributed by atoms with Gasteiger partial charge in [0.2, 0.25) is 0 Å². The Morgan fingerprint density at radius 3 is 1.67 bits per heavy atom. The summed E-state index contributed by atoms with van der Waals surface area (Å²) < 4.78 is 2.19. The molecule has 0 saturated carbocycles. The van der Waals surface area contributed by atoms with E-state index in [0.717, 1.165) is 49.0 Å². The summed E-state index contributed by atoms with van der Waals surface area (Å²) in [6.07, 6.45) is 0. The third kappa shape index (κ3) is 17.7. The first kappa shape index (κ1) is 13.1. The van der Waals surface area contributed by atoms with Crippen LogP contribution >= 0.6 is 0 Å². The minimum absolute atomic E-state index is 0.139. The van der Waals surface area contributed by atoms with E-state index in [4.69, 9.17) is 10.2 Å². The first-order valence-electron chi connectivity index (χ1n) is 3.34. The Morgan fingerprint density at radius 1 is 1.11 bits per heavy atom. The van der Waals surface area contributed by atoms with Crippen LogP contribution in [0.3, 0.4) is 0 Å². The zero-order chi connectivity index (χ0) is 7.54. The molecule has 0 saturated heterocycles. The molecule has 0 aromatic heterocycles. The summed E-state index contributed by atoms with van der Waals surface area (Å²) in [5.41, 5.74) is 0. The number of aliphatic hydroxyl groups is 2. The summed E-state index contributed by atoms with van der Waals surface area (Å²) in [5.74, 6) is 0. The van der Waals surface area contributed by atoms with Crippen molar-refractivity contribution in [2.24, 2.45) is 0 Å². The van der Waals surface area contributed by atoms with Gasteiger partial charge in [0.15, 0.2) is 0 Å². The van der Waals surface area contributed by atoms with Crippen LogP contribution in [0.2, 0.25) is 1.02 Å². The van der Waals surface area contributed by atoms with E-state index < -0.39 is 0 Å². The summed E-state index contributed by atoms with van der Waals surface area (Å²) >= 11 is 1.06. The van der Waals surface area contributed by atoms with Gasteiger partial charge in [-0.3, -0.25) is 0 Å². The van der Waals surface area contributed by atoms with Gasteiger partial charge >= 0.3 is 50.0 Å². The number of aliphatic hydroxyl groups excluding tert-OH is 2. The fraction of sp³-hybridized carbons (Fsp3) is 1.00. The Balaban J connectivity index is 0. The molecular formula is C5H14KNO2. The van der Waals surface area contributed by atoms with Crippen molar-refractivity contribution in [2.45, 2.75) is 1.02 Å². The van der Waals surface area contributed by atoms with Gasteiger partial charge in [-0.05, 0) is 0 Å². The molecule has 0 fully saturated rings. The summed E-state index contributed by atoms with van der Waals surface area (Å²) in [4.78, 5) is 0. The van der Waals surface area contributed by atoms with E-state index in [1.807, 2.05) is 0 Å². The molecule has 0 aromatic rings. The summed E-state index contributed by atoms with van der Waals surface area (Å²) in [5, 5.41) is 19.1. The number of hydrogen-bond acceptors (Lipinski definition) is 3. The fourth-order valence-corrected chi connectivity index (χ4v) is 0.283. The van der Waals surface area contributed by atoms with Crippen molar-refractivity contribution in [1.82, 2.24) is 5.32 Å². The van der Waals surface area contributed by atoms with Crippen molar-refractivity contribution >= 4 is 49.0 Å². The summed E-state index contributed by atoms with van der Waals surface area (Å²) in [7, 11) is 0. The Kier molecular flexibility index (Phi) is 23.7. The van der Waals surface area contributed by atoms with E-state index >= 15 is 0 Å². The molecular weight excluding hydrogens is 145 g/mol. The van der Waals surface area contributed by atoms with Gasteiger partial charge in [0.1, 0.15) is 0 Å². The Hall–Kier alpha value is 1.52. The second-order valence-corrected chi connectivity index (χ2v) is 1.20. The van der Waals surface area contributed by atoms with Crippen LogP contribution in [0.5, 0.6) is 0 Å². The maximum atomic E-state index is 8.15. The monoisotopic (exact) mass is 159 g/mol. The molecule has 3 N–H and O–H groups in total. The average molecular weight is 159 g/mol. The Labute approximate surface area is 90.4 Å². The van der Waals surface area contributed by atoms with Gasteiger partial charge in [0.05, 0.1) is 13.2 Å². The van der Waals surface area contributed by atoms with Crippen molar-refractivity contribution in [3.63, 3.8) is 0 Å². The van der Waals surface area contributed by atoms with Crippen LogP contribution in [0.1, 0.15) is 0 Å². The molecule has 0 bridgehead atoms. The molecule has 0 unspecified atom stereocenters. The molecule has 0 amide bonds. The number of hydrogen-bond donors (Lipinski definition) is 3. The predicted molar refractivity (Wildman–Crippen MR) is 38.7 cm³/mol. The molecule has 9 heavy (non-hydrogen) atoms. The van der Waals surface area contributed by atoms with Crippen molar-refractivity contribution in [2.75, 3.05) is 26.3 Å². The Morgan fingerprint density at radius 2 is 1.44 bits per heavy atom. The molecule has 0 aliphatic rings. The van der Waals surface area contributed by atoms with Crippen LogP contribution in [0.15, 0.2) is 0 Å². The third-order valence-electron chi connectivity index (χ3n) is 0.577. The molecule has 0 spiro atoms. The quantitative estimate of drug-likeness (QED) is 0.355. The zero-order valence-corrected chi connectivity index (χ0v) is 9.35. The number of nitrogens with one attached hydrogen (secondary N) is 1. The normalized spacial score (nSPS) is 8.11. The van der Waals surface area contributed by atoms with Gasteiger partial charge in [-0.15, -0.1) is 0 Å². The topological polar surface area (TPSA) is 52.5 Å². The van der Waals surface area contributed by atoms with E-state index in [-0.39, 0.29) is 13.2 Å². The van der Waals surface area contributed by atoms with Gasteiger partial charge in [-0.2, -0.15) is 0 Å². The van der Waals surface area contributed by atoms with Gasteiger partial charge < -0.3 is 15.5 Å². The molecule has 0 radical (unpaired) electrons. The molecule has 0 rings (SSSR count). The van der Waals surface area contributed by atoms with E-state index in [0.29, 0.717) is 13.1 Å². The predicted octanol–water partition coefficient (Wildman–Crippen LogP) is -1.24. The molecule has 0 aliphatic heterocycles. The minimum atomic E-state index is 0.139. The maximum absolute atomic E-state index is 8.15. The third-order valence-corrected chi connectivity index (χ3v) is 0.577. The average Bonchev–Trinajstić information content (AvgIpc) is 1.94. The summed E-state index contributed by atoms with van der Waals surface area (Å²) in [6, 6.07) is 0. The summed E-state index contributed by atoms with van der Waals surface area (Å²) in [6.45, 7) is 1.42. The first-order valence-corrected chi connectivity index (χ1v) is 6.46. The van der Waals surface area contributed by atoms with Crippen LogP contribution in [0.4, 0.5) is 0 Å². The van der Waals surface area contributed by atoms with Crippen LogP contribution in [-0.2, 0) is 0 Å². The fourth-order valence-electron chi connectivity index (χ4n) is 0.283. The van der Waals surface area contributed by atoms with Crippen molar-refractivity contribution in [1.29, 1.82) is 0 Å². The Bertz CT molecular complexity index is 34.1. The van der Waals surface area contributed by atoms with Crippen LogP contribution in [0.25, 0.3) is 0 Å². The first-order chi connectivity index (χ1) is 4.41. The van der Waals surface area contributed by atoms with Gasteiger partial charge in [0, 0.05) is 13.1 Å². The second kappa shape index (κ2) is 16.3. The zero-order valence-electron chi connectivity index (χ0n) is 6.22. The standard InChI is InChI=1S/C4H11NO2.CH3.K/c6-3-1-5-2-4-7;;/h5-7H,1-4H2;1H3;. The van der Waals surface area contributed by atoms with Crippen molar-refractivity contribution in [3.8, 4) is 0 Å². The molecule has 3 nitrogen and oxygen atoms in total. The van der Waals surface area contributed by atoms with Crippen LogP contribution in [0, 0.1) is 0 Å². The van der Waals surface area contributed by atoms with E-state index in [1.165, 1.54) is 0 Å². The van der Waals surface area contributed by atoms with Crippen LogP contribution in [-0.4, -0.2) is 85.5 Å². The van der Waals surface area contributed by atoms with Crippen molar-refractivity contribution < 1.29 is 10.2 Å². The van der Waals surface area contributed by atoms with Crippen LogP contribution < -0.4 is 5.32 Å². The van der Waals surface area contributed by atoms with E-state index in [2.05, 4.69) is 6.34 Å². The van der Waals surface area contributed by atoms with Gasteiger partial charge in [0.25, 0.3) is 0 Å². The van der Waals surface area contributed by atoms with Gasteiger partial charge in [-0.25, -0.2) is 0 Å². The molecule has 0 heterocycles. The van der Waals surface area contributed by atoms with Gasteiger partial charge in [-0.1, -0.05) is 0 Å². The second-order valence-electron chi connectivity index (χ2n) is 1.20. The van der Waals surface area contributed by atoms with E-state index in [1.54, 1.807) is 0 Å². The van der Waals surface area contributed by atoms with Crippen molar-refractivity contribution in [3.05, 3.63) is 0 Å². The molecule has 0 atom stereocenters.